The predicted octanol–water partition coefficient (Wildman–Crippen LogP) is 1.44. The first-order chi connectivity index (χ1) is 4.86. The van der Waals surface area contributed by atoms with Gasteiger partial charge in [-0.1, -0.05) is 0 Å². The molecule has 0 spiro atoms. The molecule has 2 rings (SSSR count). The Morgan fingerprint density at radius 1 is 1.60 bits per heavy atom. The molecule has 4 heteroatoms. The summed E-state index contributed by atoms with van der Waals surface area (Å²) in [6, 6.07) is 0. The summed E-state index contributed by atoms with van der Waals surface area (Å²) in [5.74, 6) is 1.01. The normalized spacial score (nSPS) is 15.5. The van der Waals surface area contributed by atoms with Gasteiger partial charge in [0.2, 0.25) is 0 Å². The predicted molar refractivity (Wildman–Crippen MR) is 42.0 cm³/mol. The number of rotatable bonds is 0. The molecule has 0 atom stereocenters. The van der Waals surface area contributed by atoms with Crippen LogP contribution >= 0.6 is 16.1 Å². The Kier molecular flexibility index (Phi) is 1.27. The maximum atomic E-state index is 4.12. The monoisotopic (exact) mass is 199 g/mol. The van der Waals surface area contributed by atoms with E-state index in [1.807, 2.05) is 22.4 Å². The number of nitrogens with zero attached hydrogens (tertiary/aromatic N) is 3. The van der Waals surface area contributed by atoms with Gasteiger partial charge in [-0.3, -0.25) is 3.93 Å². The highest BCUT2D eigenvalue weighted by Gasteiger charge is 2.05. The second kappa shape index (κ2) is 2.12. The molecule has 0 saturated heterocycles. The van der Waals surface area contributed by atoms with E-state index in [-0.39, 0.29) is 0 Å². The Labute approximate surface area is 67.3 Å². The lowest BCUT2D eigenvalue weighted by Crippen LogP contribution is -2.14. The zero-order chi connectivity index (χ0) is 6.97. The van der Waals surface area contributed by atoms with Gasteiger partial charge < -0.3 is 4.57 Å². The first-order valence-corrected chi connectivity index (χ1v) is 3.69. The van der Waals surface area contributed by atoms with Crippen LogP contribution < -0.4 is 0 Å². The van der Waals surface area contributed by atoms with Crippen LogP contribution in [0.1, 0.15) is 5.82 Å². The lowest BCUT2D eigenvalue weighted by atomic mass is 10.5. The molecule has 3 nitrogen and oxygen atoms in total. The fourth-order valence-corrected chi connectivity index (χ4v) is 1.30. The molecule has 10 heavy (non-hydrogen) atoms. The van der Waals surface area contributed by atoms with E-state index in [0.29, 0.717) is 0 Å². The smallest absolute Gasteiger partial charge is 0.135 e. The molecule has 0 amide bonds. The molecule has 0 radical (unpaired) electrons. The number of hydrogen-bond donors (Lipinski definition) is 0. The maximum Gasteiger partial charge on any atom is 0.135 e. The Bertz CT molecular complexity index is 266. The van der Waals surface area contributed by atoms with Crippen LogP contribution in [-0.4, -0.2) is 13.5 Å². The van der Waals surface area contributed by atoms with Crippen molar-refractivity contribution in [3.05, 3.63) is 24.4 Å². The molecule has 0 fully saturated rings. The average molecular weight is 200 g/mol. The van der Waals surface area contributed by atoms with Gasteiger partial charge in [0.25, 0.3) is 0 Å². The van der Waals surface area contributed by atoms with Crippen molar-refractivity contribution in [3.63, 3.8) is 0 Å². The van der Waals surface area contributed by atoms with Gasteiger partial charge in [-0.05, 0) is 6.08 Å². The van der Waals surface area contributed by atoms with Gasteiger partial charge in [0.1, 0.15) is 12.5 Å². The minimum absolute atomic E-state index is 0.825. The number of aromatic nitrogens is 2. The fraction of sp³-hybridized carbons (Fsp3) is 0.167. The molecule has 0 aromatic carbocycles. The first-order valence-electron chi connectivity index (χ1n) is 2.98. The minimum Gasteiger partial charge on any atom is -0.312 e. The third-order valence-corrected chi connectivity index (χ3v) is 1.88. The van der Waals surface area contributed by atoms with E-state index in [2.05, 4.69) is 25.7 Å². The Hall–Kier alpha value is -0.770. The Morgan fingerprint density at radius 2 is 2.50 bits per heavy atom. The molecule has 52 valence electrons. The van der Waals surface area contributed by atoms with Gasteiger partial charge in [-0.2, -0.15) is 0 Å². The van der Waals surface area contributed by atoms with Crippen molar-refractivity contribution < 1.29 is 0 Å². The van der Waals surface area contributed by atoms with Gasteiger partial charge in [-0.15, -0.1) is 0 Å². The first kappa shape index (κ1) is 5.97. The summed E-state index contributed by atoms with van der Waals surface area (Å²) < 4.78 is 3.97. The van der Waals surface area contributed by atoms with E-state index in [0.717, 1.165) is 12.5 Å². The van der Waals surface area contributed by atoms with Crippen molar-refractivity contribution in [3.8, 4) is 0 Å². The topological polar surface area (TPSA) is 21.1 Å². The summed E-state index contributed by atoms with van der Waals surface area (Å²) in [6.45, 7) is 0.825. The number of fused-ring (bicyclic) bond motifs is 1. The highest BCUT2D eigenvalue weighted by molar-refractivity contribution is 9.07. The Balaban J connectivity index is 2.43. The van der Waals surface area contributed by atoms with Crippen LogP contribution in [0.25, 0.3) is 6.08 Å². The van der Waals surface area contributed by atoms with Crippen LogP contribution in [0.15, 0.2) is 18.6 Å². The standard InChI is InChI=1S/C6H6BrN3/c7-10-3-1-6-8-2-4-9(6)5-10/h1-4H,5H2. The average Bonchev–Trinajstić information content (AvgIpc) is 2.33. The minimum atomic E-state index is 0.825. The molecule has 0 saturated carbocycles. The zero-order valence-electron chi connectivity index (χ0n) is 5.24. The fourth-order valence-electron chi connectivity index (χ4n) is 0.939. The summed E-state index contributed by atoms with van der Waals surface area (Å²) in [5, 5.41) is 0. The number of halogens is 1. The van der Waals surface area contributed by atoms with Crippen molar-refractivity contribution in [1.82, 2.24) is 13.5 Å². The lowest BCUT2D eigenvalue weighted by molar-refractivity contribution is 0.486. The second-order valence-corrected chi connectivity index (χ2v) is 3.02. The molecule has 0 unspecified atom stereocenters. The maximum absolute atomic E-state index is 4.12. The van der Waals surface area contributed by atoms with E-state index < -0.39 is 0 Å². The van der Waals surface area contributed by atoms with Crippen LogP contribution in [0.4, 0.5) is 0 Å². The third-order valence-electron chi connectivity index (χ3n) is 1.42. The van der Waals surface area contributed by atoms with Crippen molar-refractivity contribution in [1.29, 1.82) is 0 Å². The highest BCUT2D eigenvalue weighted by Crippen LogP contribution is 2.12. The van der Waals surface area contributed by atoms with Crippen molar-refractivity contribution in [2.45, 2.75) is 6.67 Å². The Morgan fingerprint density at radius 3 is 3.40 bits per heavy atom. The quantitative estimate of drug-likeness (QED) is 0.590. The summed E-state index contributed by atoms with van der Waals surface area (Å²) in [5.41, 5.74) is 0. The third kappa shape index (κ3) is 0.844. The molecule has 0 N–H and O–H groups in total. The lowest BCUT2D eigenvalue weighted by Gasteiger charge is -2.16. The van der Waals surface area contributed by atoms with Crippen LogP contribution in [0, 0.1) is 0 Å². The van der Waals surface area contributed by atoms with Crippen LogP contribution in [0.5, 0.6) is 0 Å². The number of imidazole rings is 1. The van der Waals surface area contributed by atoms with Gasteiger partial charge in [-0.25, -0.2) is 4.98 Å². The highest BCUT2D eigenvalue weighted by atomic mass is 79.9. The zero-order valence-corrected chi connectivity index (χ0v) is 6.82. The molecular formula is C6H6BrN3. The van der Waals surface area contributed by atoms with E-state index in [1.165, 1.54) is 0 Å². The van der Waals surface area contributed by atoms with E-state index in [1.54, 1.807) is 6.20 Å². The number of hydrogen-bond acceptors (Lipinski definition) is 2. The summed E-state index contributed by atoms with van der Waals surface area (Å²) in [6.07, 6.45) is 7.65. The van der Waals surface area contributed by atoms with Crippen LogP contribution in [-0.2, 0) is 6.67 Å². The molecule has 1 aromatic rings. The second-order valence-electron chi connectivity index (χ2n) is 2.11. The van der Waals surface area contributed by atoms with Crippen molar-refractivity contribution in [2.75, 3.05) is 0 Å². The largest absolute Gasteiger partial charge is 0.312 e. The van der Waals surface area contributed by atoms with Gasteiger partial charge in [0.05, 0.1) is 16.1 Å². The van der Waals surface area contributed by atoms with Crippen molar-refractivity contribution >= 4 is 22.2 Å². The van der Waals surface area contributed by atoms with Crippen LogP contribution in [0.2, 0.25) is 0 Å². The molecule has 1 aliphatic rings. The van der Waals surface area contributed by atoms with Gasteiger partial charge in [0, 0.05) is 18.6 Å². The van der Waals surface area contributed by atoms with E-state index >= 15 is 0 Å². The molecular weight excluding hydrogens is 194 g/mol. The summed E-state index contributed by atoms with van der Waals surface area (Å²) in [4.78, 5) is 4.12. The molecule has 0 aliphatic carbocycles. The molecule has 0 bridgehead atoms. The van der Waals surface area contributed by atoms with Crippen LogP contribution in [0.3, 0.4) is 0 Å². The van der Waals surface area contributed by atoms with Gasteiger partial charge in [0.15, 0.2) is 0 Å². The van der Waals surface area contributed by atoms with Crippen molar-refractivity contribution in [2.24, 2.45) is 0 Å². The summed E-state index contributed by atoms with van der Waals surface area (Å²) >= 11 is 3.34. The van der Waals surface area contributed by atoms with E-state index in [9.17, 15) is 0 Å². The summed E-state index contributed by atoms with van der Waals surface area (Å²) in [7, 11) is 0. The molecule has 1 aromatic heterocycles. The molecule has 2 heterocycles. The molecule has 1 aliphatic heterocycles. The van der Waals surface area contributed by atoms with Gasteiger partial charge >= 0.3 is 0 Å². The SMILES string of the molecule is BrN1C=Cc2nccn2C1. The van der Waals surface area contributed by atoms with E-state index in [4.69, 9.17) is 0 Å².